The van der Waals surface area contributed by atoms with Gasteiger partial charge in [0.1, 0.15) is 5.82 Å². The Bertz CT molecular complexity index is 751. The number of carbonyl (C=O) groups excluding carboxylic acids is 1. The molecule has 2 aromatic rings. The topological polar surface area (TPSA) is 65.5 Å². The first-order valence-electron chi connectivity index (χ1n) is 7.81. The van der Waals surface area contributed by atoms with Gasteiger partial charge in [-0.15, -0.1) is 0 Å². The number of rotatable bonds is 6. The van der Waals surface area contributed by atoms with Crippen LogP contribution in [0.5, 0.6) is 0 Å². The standard InChI is InChI=1S/C18H20ClFN4O/c1-21-18(22-9-8-13-4-2-5-14(19)10-13)23-12-17(25)24-16-7-3-6-15(20)11-16/h2-7,10-11H,8-9,12H2,1H3,(H,24,25)(H2,21,22,23). The molecule has 1 amide bonds. The predicted molar refractivity (Wildman–Crippen MR) is 99.6 cm³/mol. The van der Waals surface area contributed by atoms with Crippen molar-refractivity contribution in [2.75, 3.05) is 25.5 Å². The highest BCUT2D eigenvalue weighted by Gasteiger charge is 2.05. The minimum absolute atomic E-state index is 0.0212. The molecule has 0 fully saturated rings. The van der Waals surface area contributed by atoms with E-state index in [1.54, 1.807) is 13.1 Å². The number of nitrogens with one attached hydrogen (secondary N) is 3. The second-order valence-corrected chi connectivity index (χ2v) is 5.73. The van der Waals surface area contributed by atoms with Crippen molar-refractivity contribution in [2.45, 2.75) is 6.42 Å². The van der Waals surface area contributed by atoms with E-state index < -0.39 is 5.82 Å². The zero-order valence-electron chi connectivity index (χ0n) is 13.9. The largest absolute Gasteiger partial charge is 0.356 e. The molecule has 5 nitrogen and oxygen atoms in total. The van der Waals surface area contributed by atoms with Crippen molar-refractivity contribution in [3.8, 4) is 0 Å². The molecular formula is C18H20ClFN4O. The van der Waals surface area contributed by atoms with Crippen LogP contribution in [0.15, 0.2) is 53.5 Å². The number of halogens is 2. The summed E-state index contributed by atoms with van der Waals surface area (Å²) in [6.07, 6.45) is 0.775. The van der Waals surface area contributed by atoms with Gasteiger partial charge in [0.15, 0.2) is 5.96 Å². The molecule has 0 aliphatic heterocycles. The fourth-order valence-corrected chi connectivity index (χ4v) is 2.39. The normalized spacial score (nSPS) is 11.1. The van der Waals surface area contributed by atoms with Gasteiger partial charge in [0.05, 0.1) is 6.54 Å². The van der Waals surface area contributed by atoms with Crippen LogP contribution in [-0.4, -0.2) is 32.0 Å². The lowest BCUT2D eigenvalue weighted by molar-refractivity contribution is -0.115. The highest BCUT2D eigenvalue weighted by molar-refractivity contribution is 6.30. The van der Waals surface area contributed by atoms with Crippen LogP contribution in [0, 0.1) is 5.82 Å². The van der Waals surface area contributed by atoms with Crippen LogP contribution >= 0.6 is 11.6 Å². The summed E-state index contributed by atoms with van der Waals surface area (Å²) >= 11 is 5.95. The van der Waals surface area contributed by atoms with Crippen LogP contribution < -0.4 is 16.0 Å². The second kappa shape index (κ2) is 9.64. The molecule has 7 heteroatoms. The third-order valence-electron chi connectivity index (χ3n) is 3.34. The van der Waals surface area contributed by atoms with Crippen LogP contribution in [0.4, 0.5) is 10.1 Å². The maximum Gasteiger partial charge on any atom is 0.243 e. The van der Waals surface area contributed by atoms with Crippen molar-refractivity contribution in [1.29, 1.82) is 0 Å². The fraction of sp³-hybridized carbons (Fsp3) is 0.222. The molecule has 0 atom stereocenters. The van der Waals surface area contributed by atoms with E-state index in [0.29, 0.717) is 23.2 Å². The Kier molecular flexibility index (Phi) is 7.22. The third kappa shape index (κ3) is 6.81. The Morgan fingerprint density at radius 2 is 1.96 bits per heavy atom. The minimum Gasteiger partial charge on any atom is -0.356 e. The van der Waals surface area contributed by atoms with Crippen molar-refractivity contribution < 1.29 is 9.18 Å². The minimum atomic E-state index is -0.399. The summed E-state index contributed by atoms with van der Waals surface area (Å²) in [4.78, 5) is 15.9. The first-order chi connectivity index (χ1) is 12.1. The molecule has 0 heterocycles. The Morgan fingerprint density at radius 3 is 2.68 bits per heavy atom. The molecule has 25 heavy (non-hydrogen) atoms. The molecule has 0 unspecified atom stereocenters. The smallest absolute Gasteiger partial charge is 0.243 e. The maximum absolute atomic E-state index is 13.1. The molecule has 132 valence electrons. The zero-order chi connectivity index (χ0) is 18.1. The molecule has 0 radical (unpaired) electrons. The average Bonchev–Trinajstić information content (AvgIpc) is 2.58. The van der Waals surface area contributed by atoms with Crippen LogP contribution in [0.3, 0.4) is 0 Å². The third-order valence-corrected chi connectivity index (χ3v) is 3.58. The molecule has 0 aliphatic carbocycles. The van der Waals surface area contributed by atoms with E-state index in [9.17, 15) is 9.18 Å². The Balaban J connectivity index is 1.73. The summed E-state index contributed by atoms with van der Waals surface area (Å²) in [7, 11) is 1.62. The SMILES string of the molecule is CN=C(NCCc1cccc(Cl)c1)NCC(=O)Nc1cccc(F)c1. The van der Waals surface area contributed by atoms with Crippen molar-refractivity contribution in [3.05, 3.63) is 64.9 Å². The number of carbonyl (C=O) groups is 1. The first-order valence-corrected chi connectivity index (χ1v) is 8.19. The molecule has 0 saturated heterocycles. The summed E-state index contributed by atoms with van der Waals surface area (Å²) in [6.45, 7) is 0.666. The number of guanidine groups is 1. The van der Waals surface area contributed by atoms with Crippen LogP contribution in [0.25, 0.3) is 0 Å². The lowest BCUT2D eigenvalue weighted by atomic mass is 10.1. The quantitative estimate of drug-likeness (QED) is 0.547. The molecule has 0 spiro atoms. The summed E-state index contributed by atoms with van der Waals surface area (Å²) in [5.41, 5.74) is 1.52. The van der Waals surface area contributed by atoms with Crippen molar-refractivity contribution in [3.63, 3.8) is 0 Å². The Hall–Kier alpha value is -2.60. The first kappa shape index (κ1) is 18.7. The van der Waals surface area contributed by atoms with Gasteiger partial charge in [-0.25, -0.2) is 4.39 Å². The lowest BCUT2D eigenvalue weighted by Gasteiger charge is -2.12. The van der Waals surface area contributed by atoms with Gasteiger partial charge < -0.3 is 16.0 Å². The fourth-order valence-electron chi connectivity index (χ4n) is 2.17. The van der Waals surface area contributed by atoms with Gasteiger partial charge in [0, 0.05) is 24.3 Å². The van der Waals surface area contributed by atoms with Crippen LogP contribution in [0.2, 0.25) is 5.02 Å². The number of hydrogen-bond acceptors (Lipinski definition) is 2. The number of benzene rings is 2. The monoisotopic (exact) mass is 362 g/mol. The molecule has 0 aliphatic rings. The van der Waals surface area contributed by atoms with Gasteiger partial charge >= 0.3 is 0 Å². The number of aliphatic imine (C=N–C) groups is 1. The van der Waals surface area contributed by atoms with Crippen LogP contribution in [0.1, 0.15) is 5.56 Å². The second-order valence-electron chi connectivity index (χ2n) is 5.29. The van der Waals surface area contributed by atoms with Gasteiger partial charge in [-0.3, -0.25) is 9.79 Å². The van der Waals surface area contributed by atoms with E-state index in [2.05, 4.69) is 20.9 Å². The Labute approximate surface area is 151 Å². The number of amides is 1. The lowest BCUT2D eigenvalue weighted by Crippen LogP contribution is -2.42. The van der Waals surface area contributed by atoms with E-state index in [4.69, 9.17) is 11.6 Å². The van der Waals surface area contributed by atoms with Gasteiger partial charge in [-0.2, -0.15) is 0 Å². The van der Waals surface area contributed by atoms with Gasteiger partial charge in [-0.05, 0) is 42.3 Å². The maximum atomic E-state index is 13.1. The van der Waals surface area contributed by atoms with Gasteiger partial charge in [0.2, 0.25) is 5.91 Å². The van der Waals surface area contributed by atoms with E-state index >= 15 is 0 Å². The highest BCUT2D eigenvalue weighted by atomic mass is 35.5. The molecule has 0 saturated carbocycles. The predicted octanol–water partition coefficient (Wildman–Crippen LogP) is 2.83. The van der Waals surface area contributed by atoms with Crippen molar-refractivity contribution >= 4 is 29.2 Å². The highest BCUT2D eigenvalue weighted by Crippen LogP contribution is 2.10. The average molecular weight is 363 g/mol. The van der Waals surface area contributed by atoms with E-state index in [-0.39, 0.29) is 12.5 Å². The summed E-state index contributed by atoms with van der Waals surface area (Å²) in [6, 6.07) is 13.4. The summed E-state index contributed by atoms with van der Waals surface area (Å²) in [5, 5.41) is 9.34. The van der Waals surface area contributed by atoms with Gasteiger partial charge in [0.25, 0.3) is 0 Å². The molecule has 0 bridgehead atoms. The van der Waals surface area contributed by atoms with E-state index in [1.807, 2.05) is 24.3 Å². The van der Waals surface area contributed by atoms with Crippen molar-refractivity contribution in [2.24, 2.45) is 4.99 Å². The molecule has 2 aromatic carbocycles. The van der Waals surface area contributed by atoms with Gasteiger partial charge in [-0.1, -0.05) is 29.8 Å². The number of hydrogen-bond donors (Lipinski definition) is 3. The summed E-state index contributed by atoms with van der Waals surface area (Å²) < 4.78 is 13.1. The van der Waals surface area contributed by atoms with E-state index in [0.717, 1.165) is 12.0 Å². The van der Waals surface area contributed by atoms with E-state index in [1.165, 1.54) is 18.2 Å². The van der Waals surface area contributed by atoms with Crippen molar-refractivity contribution in [1.82, 2.24) is 10.6 Å². The molecular weight excluding hydrogens is 343 g/mol. The van der Waals surface area contributed by atoms with Crippen LogP contribution in [-0.2, 0) is 11.2 Å². The molecule has 3 N–H and O–H groups in total. The molecule has 0 aromatic heterocycles. The Morgan fingerprint density at radius 1 is 1.16 bits per heavy atom. The number of nitrogens with zero attached hydrogens (tertiary/aromatic N) is 1. The molecule has 2 rings (SSSR count). The number of anilines is 1. The zero-order valence-corrected chi connectivity index (χ0v) is 14.6. The summed E-state index contributed by atoms with van der Waals surface area (Å²) in [5.74, 6) is -0.177.